The van der Waals surface area contributed by atoms with Crippen molar-refractivity contribution < 1.29 is 14.2 Å². The van der Waals surface area contributed by atoms with Crippen LogP contribution in [0.2, 0.25) is 0 Å². The number of hydrogen-bond donors (Lipinski definition) is 1. The maximum atomic E-state index is 6.42. The van der Waals surface area contributed by atoms with E-state index in [1.54, 1.807) is 7.11 Å². The molecule has 2 rings (SSSR count). The number of fused-ring (bicyclic) bond motifs is 1. The average Bonchev–Trinajstić information content (AvgIpc) is 2.49. The van der Waals surface area contributed by atoms with Crippen LogP contribution in [0, 0.1) is 0 Å². The maximum Gasteiger partial charge on any atom is 0.161 e. The molecule has 0 amide bonds. The van der Waals surface area contributed by atoms with Crippen molar-refractivity contribution in [3.63, 3.8) is 0 Å². The lowest BCUT2D eigenvalue weighted by molar-refractivity contribution is -0.0386. The summed E-state index contributed by atoms with van der Waals surface area (Å²) in [5.74, 6) is 1.56. The summed E-state index contributed by atoms with van der Waals surface area (Å²) >= 11 is 0. The molecule has 1 aliphatic rings. The molecule has 0 radical (unpaired) electrons. The van der Waals surface area contributed by atoms with E-state index in [1.807, 2.05) is 18.2 Å². The molecule has 1 unspecified atom stereocenters. The molecule has 1 aliphatic heterocycles. The third-order valence-corrected chi connectivity index (χ3v) is 4.10. The molecule has 1 aromatic carbocycles. The number of hydrogen-bond acceptors (Lipinski definition) is 4. The van der Waals surface area contributed by atoms with Crippen LogP contribution in [0.4, 0.5) is 0 Å². The smallest absolute Gasteiger partial charge is 0.161 e. The SMILES string of the molecule is CCC(CC)(OC)C(N)c1ccc2c(c1)OCCO2. The largest absolute Gasteiger partial charge is 0.486 e. The molecule has 0 bridgehead atoms. The first-order valence-electron chi connectivity index (χ1n) is 6.87. The van der Waals surface area contributed by atoms with Crippen LogP contribution in [0.25, 0.3) is 0 Å². The van der Waals surface area contributed by atoms with Gasteiger partial charge in [-0.3, -0.25) is 0 Å². The van der Waals surface area contributed by atoms with Gasteiger partial charge in [-0.25, -0.2) is 0 Å². The Labute approximate surface area is 114 Å². The molecule has 1 aromatic rings. The highest BCUT2D eigenvalue weighted by atomic mass is 16.6. The fraction of sp³-hybridized carbons (Fsp3) is 0.600. The first-order chi connectivity index (χ1) is 9.16. The summed E-state index contributed by atoms with van der Waals surface area (Å²) < 4.78 is 16.8. The van der Waals surface area contributed by atoms with Crippen molar-refractivity contribution in [1.82, 2.24) is 0 Å². The van der Waals surface area contributed by atoms with Crippen molar-refractivity contribution in [2.75, 3.05) is 20.3 Å². The molecule has 1 heterocycles. The summed E-state index contributed by atoms with van der Waals surface area (Å²) in [6, 6.07) is 5.72. The van der Waals surface area contributed by atoms with Crippen molar-refractivity contribution >= 4 is 0 Å². The summed E-state index contributed by atoms with van der Waals surface area (Å²) in [6.07, 6.45) is 1.74. The van der Waals surface area contributed by atoms with Crippen molar-refractivity contribution in [2.24, 2.45) is 5.73 Å². The van der Waals surface area contributed by atoms with Gasteiger partial charge in [0.15, 0.2) is 11.5 Å². The second-order valence-electron chi connectivity index (χ2n) is 4.86. The summed E-state index contributed by atoms with van der Waals surface area (Å²) in [5.41, 5.74) is 7.11. The minimum absolute atomic E-state index is 0.177. The van der Waals surface area contributed by atoms with Crippen molar-refractivity contribution in [1.29, 1.82) is 0 Å². The summed E-state index contributed by atoms with van der Waals surface area (Å²) in [5, 5.41) is 0. The van der Waals surface area contributed by atoms with Gasteiger partial charge in [-0.05, 0) is 30.5 Å². The molecule has 1 atom stereocenters. The Morgan fingerprint density at radius 3 is 2.42 bits per heavy atom. The van der Waals surface area contributed by atoms with Gasteiger partial charge in [-0.15, -0.1) is 0 Å². The molecule has 0 saturated carbocycles. The summed E-state index contributed by atoms with van der Waals surface area (Å²) in [6.45, 7) is 5.39. The number of rotatable bonds is 5. The van der Waals surface area contributed by atoms with E-state index in [1.165, 1.54) is 0 Å². The Kier molecular flexibility index (Phi) is 4.32. The molecule has 4 heteroatoms. The molecular weight excluding hydrogens is 242 g/mol. The lowest BCUT2D eigenvalue weighted by atomic mass is 9.84. The van der Waals surface area contributed by atoms with Crippen LogP contribution in [0.15, 0.2) is 18.2 Å². The van der Waals surface area contributed by atoms with E-state index in [0.29, 0.717) is 13.2 Å². The zero-order valence-corrected chi connectivity index (χ0v) is 11.9. The van der Waals surface area contributed by atoms with E-state index in [-0.39, 0.29) is 11.6 Å². The van der Waals surface area contributed by atoms with Crippen LogP contribution in [-0.2, 0) is 4.74 Å². The second-order valence-corrected chi connectivity index (χ2v) is 4.86. The van der Waals surface area contributed by atoms with E-state index < -0.39 is 0 Å². The van der Waals surface area contributed by atoms with E-state index in [2.05, 4.69) is 13.8 Å². The van der Waals surface area contributed by atoms with E-state index in [9.17, 15) is 0 Å². The van der Waals surface area contributed by atoms with E-state index in [4.69, 9.17) is 19.9 Å². The first kappa shape index (κ1) is 14.2. The predicted octanol–water partition coefficient (Wildman–Crippen LogP) is 2.66. The molecule has 4 nitrogen and oxygen atoms in total. The Hall–Kier alpha value is -1.26. The summed E-state index contributed by atoms with van der Waals surface area (Å²) in [7, 11) is 1.73. The zero-order chi connectivity index (χ0) is 13.9. The predicted molar refractivity (Wildman–Crippen MR) is 74.7 cm³/mol. The molecule has 106 valence electrons. The lowest BCUT2D eigenvalue weighted by Gasteiger charge is -2.36. The minimum atomic E-state index is -0.330. The summed E-state index contributed by atoms with van der Waals surface area (Å²) in [4.78, 5) is 0. The third kappa shape index (κ3) is 2.55. The van der Waals surface area contributed by atoms with Gasteiger partial charge in [0.25, 0.3) is 0 Å². The first-order valence-corrected chi connectivity index (χ1v) is 6.87. The molecule has 0 aromatic heterocycles. The molecule has 0 spiro atoms. The topological polar surface area (TPSA) is 53.7 Å². The Balaban J connectivity index is 2.30. The van der Waals surface area contributed by atoms with Crippen LogP contribution in [0.1, 0.15) is 38.3 Å². The van der Waals surface area contributed by atoms with E-state index >= 15 is 0 Å². The Morgan fingerprint density at radius 2 is 1.84 bits per heavy atom. The lowest BCUT2D eigenvalue weighted by Crippen LogP contribution is -2.42. The molecule has 0 aliphatic carbocycles. The highest BCUT2D eigenvalue weighted by Crippen LogP contribution is 2.37. The fourth-order valence-electron chi connectivity index (χ4n) is 2.66. The van der Waals surface area contributed by atoms with Crippen LogP contribution < -0.4 is 15.2 Å². The zero-order valence-electron chi connectivity index (χ0n) is 11.9. The van der Waals surface area contributed by atoms with Crippen molar-refractivity contribution in [3.8, 4) is 11.5 Å². The average molecular weight is 265 g/mol. The van der Waals surface area contributed by atoms with Gasteiger partial charge in [-0.2, -0.15) is 0 Å². The molecule has 0 saturated heterocycles. The molecule has 19 heavy (non-hydrogen) atoms. The number of nitrogens with two attached hydrogens (primary N) is 1. The highest BCUT2D eigenvalue weighted by Gasteiger charge is 2.34. The molecule has 2 N–H and O–H groups in total. The quantitative estimate of drug-likeness (QED) is 0.889. The normalized spacial score (nSPS) is 16.2. The fourth-order valence-corrected chi connectivity index (χ4v) is 2.66. The minimum Gasteiger partial charge on any atom is -0.486 e. The van der Waals surface area contributed by atoms with Gasteiger partial charge in [0, 0.05) is 7.11 Å². The van der Waals surface area contributed by atoms with Crippen LogP contribution in [0.5, 0.6) is 11.5 Å². The van der Waals surface area contributed by atoms with Gasteiger partial charge in [-0.1, -0.05) is 19.9 Å². The van der Waals surface area contributed by atoms with Gasteiger partial charge in [0.2, 0.25) is 0 Å². The number of ether oxygens (including phenoxy) is 3. The molecular formula is C15H23NO3. The monoisotopic (exact) mass is 265 g/mol. The van der Waals surface area contributed by atoms with Crippen molar-refractivity contribution in [3.05, 3.63) is 23.8 Å². The van der Waals surface area contributed by atoms with Gasteiger partial charge >= 0.3 is 0 Å². The van der Waals surface area contributed by atoms with Crippen LogP contribution in [-0.4, -0.2) is 25.9 Å². The number of benzene rings is 1. The third-order valence-electron chi connectivity index (χ3n) is 4.10. The maximum absolute atomic E-state index is 6.42. The molecule has 0 fully saturated rings. The van der Waals surface area contributed by atoms with Crippen LogP contribution >= 0.6 is 0 Å². The van der Waals surface area contributed by atoms with Gasteiger partial charge in [0.1, 0.15) is 13.2 Å². The second kappa shape index (κ2) is 5.80. The Morgan fingerprint density at radius 1 is 1.21 bits per heavy atom. The van der Waals surface area contributed by atoms with Crippen molar-refractivity contribution in [2.45, 2.75) is 38.3 Å². The van der Waals surface area contributed by atoms with Gasteiger partial charge in [0.05, 0.1) is 11.6 Å². The van der Waals surface area contributed by atoms with E-state index in [0.717, 1.165) is 29.9 Å². The number of methoxy groups -OCH3 is 1. The van der Waals surface area contributed by atoms with Crippen LogP contribution in [0.3, 0.4) is 0 Å². The Bertz CT molecular complexity index is 421. The van der Waals surface area contributed by atoms with Gasteiger partial charge < -0.3 is 19.9 Å². The highest BCUT2D eigenvalue weighted by molar-refractivity contribution is 5.45. The standard InChI is InChI=1S/C15H23NO3/c1-4-15(5-2,17-3)14(16)11-6-7-12-13(10-11)19-9-8-18-12/h6-7,10,14H,4-5,8-9,16H2,1-3H3.